The molecule has 0 fully saturated rings. The molecule has 3 aromatic carbocycles. The van der Waals surface area contributed by atoms with E-state index in [-0.39, 0.29) is 0 Å². The highest BCUT2D eigenvalue weighted by molar-refractivity contribution is 9.10. The summed E-state index contributed by atoms with van der Waals surface area (Å²) in [6.07, 6.45) is 0. The molecule has 0 amide bonds. The minimum atomic E-state index is -0.940. The maximum Gasteiger partial charge on any atom is 0.161 e. The fourth-order valence-corrected chi connectivity index (χ4v) is 3.20. The molecule has 0 aliphatic heterocycles. The maximum atomic E-state index is 13.6. The van der Waals surface area contributed by atoms with Crippen molar-refractivity contribution in [3.05, 3.63) is 81.2 Å². The maximum absolute atomic E-state index is 13.6. The van der Waals surface area contributed by atoms with Gasteiger partial charge in [-0.05, 0) is 24.3 Å². The van der Waals surface area contributed by atoms with E-state index in [1.165, 1.54) is 0 Å². The molecule has 1 heterocycles. The van der Waals surface area contributed by atoms with E-state index in [4.69, 9.17) is 0 Å². The van der Waals surface area contributed by atoms with Crippen molar-refractivity contribution in [2.45, 2.75) is 0 Å². The number of fused-ring (bicyclic) bond motifs is 1. The fourth-order valence-electron chi connectivity index (χ4n) is 2.67. The normalized spacial score (nSPS) is 11.1. The molecule has 4 aromatic rings. The highest BCUT2D eigenvalue weighted by atomic mass is 79.9. The highest BCUT2D eigenvalue weighted by Gasteiger charge is 2.15. The van der Waals surface area contributed by atoms with Crippen LogP contribution in [0, 0.1) is 11.6 Å². The zero-order chi connectivity index (χ0) is 18.3. The number of halogens is 4. The van der Waals surface area contributed by atoms with Crippen molar-refractivity contribution in [3.8, 4) is 22.5 Å². The molecule has 0 bridgehead atoms. The third-order valence-corrected chi connectivity index (χ3v) is 5.00. The van der Waals surface area contributed by atoms with Crippen molar-refractivity contribution in [1.82, 2.24) is 9.97 Å². The summed E-state index contributed by atoms with van der Waals surface area (Å²) in [4.78, 5) is 9.16. The van der Waals surface area contributed by atoms with Crippen molar-refractivity contribution >= 4 is 42.9 Å². The van der Waals surface area contributed by atoms with Gasteiger partial charge in [0.15, 0.2) is 11.6 Å². The summed E-state index contributed by atoms with van der Waals surface area (Å²) < 4.78 is 29.2. The van der Waals surface area contributed by atoms with Gasteiger partial charge in [-0.2, -0.15) is 0 Å². The van der Waals surface area contributed by atoms with Crippen LogP contribution >= 0.6 is 31.9 Å². The topological polar surface area (TPSA) is 25.8 Å². The number of rotatable bonds is 2. The first-order valence-electron chi connectivity index (χ1n) is 7.70. The first kappa shape index (κ1) is 17.2. The van der Waals surface area contributed by atoms with Crippen molar-refractivity contribution < 1.29 is 8.78 Å². The molecule has 2 nitrogen and oxygen atoms in total. The number of benzene rings is 3. The van der Waals surface area contributed by atoms with E-state index in [0.29, 0.717) is 22.4 Å². The van der Waals surface area contributed by atoms with Crippen LogP contribution in [0.4, 0.5) is 8.78 Å². The largest absolute Gasteiger partial charge is 0.244 e. The van der Waals surface area contributed by atoms with Crippen molar-refractivity contribution in [2.75, 3.05) is 0 Å². The molecule has 26 heavy (non-hydrogen) atoms. The number of aromatic nitrogens is 2. The minimum absolute atomic E-state index is 0.308. The Labute approximate surface area is 165 Å². The predicted molar refractivity (Wildman–Crippen MR) is 106 cm³/mol. The number of hydrogen-bond donors (Lipinski definition) is 0. The van der Waals surface area contributed by atoms with Crippen LogP contribution in [0.1, 0.15) is 0 Å². The molecular formula is C20H10Br2F2N2. The molecule has 0 saturated heterocycles. The second kappa shape index (κ2) is 6.85. The van der Waals surface area contributed by atoms with E-state index < -0.39 is 11.6 Å². The third-order valence-electron chi connectivity index (χ3n) is 3.94. The lowest BCUT2D eigenvalue weighted by Gasteiger charge is -2.11. The Bertz CT molecular complexity index is 1020. The smallest absolute Gasteiger partial charge is 0.161 e. The standard InChI is InChI=1S/C20H10Br2F2N2/c21-13-5-1-11(2-6-13)19-20(12-3-7-14(22)8-4-12)26-18-10-16(24)15(23)9-17(18)25-19/h1-10H. The second-order valence-corrected chi connectivity index (χ2v) is 7.52. The van der Waals surface area contributed by atoms with Gasteiger partial charge in [0.05, 0.1) is 22.4 Å². The van der Waals surface area contributed by atoms with Gasteiger partial charge in [-0.3, -0.25) is 0 Å². The molecule has 0 atom stereocenters. The Morgan fingerprint density at radius 1 is 0.577 bits per heavy atom. The van der Waals surface area contributed by atoms with Gasteiger partial charge in [-0.25, -0.2) is 18.7 Å². The van der Waals surface area contributed by atoms with Crippen LogP contribution in [0.2, 0.25) is 0 Å². The summed E-state index contributed by atoms with van der Waals surface area (Å²) >= 11 is 6.83. The van der Waals surface area contributed by atoms with E-state index >= 15 is 0 Å². The molecule has 0 spiro atoms. The van der Waals surface area contributed by atoms with Gasteiger partial charge in [0.1, 0.15) is 0 Å². The summed E-state index contributed by atoms with van der Waals surface area (Å²) in [5, 5.41) is 0. The zero-order valence-corrected chi connectivity index (χ0v) is 16.4. The van der Waals surface area contributed by atoms with Crippen LogP contribution in [0.25, 0.3) is 33.5 Å². The van der Waals surface area contributed by atoms with Gasteiger partial charge >= 0.3 is 0 Å². The van der Waals surface area contributed by atoms with Gasteiger partial charge in [0.25, 0.3) is 0 Å². The summed E-state index contributed by atoms with van der Waals surface area (Å²) in [7, 11) is 0. The average molecular weight is 476 g/mol. The van der Waals surface area contributed by atoms with E-state index in [1.807, 2.05) is 48.5 Å². The Kier molecular flexibility index (Phi) is 4.54. The Balaban J connectivity index is 2.02. The molecular weight excluding hydrogens is 466 g/mol. The molecule has 4 rings (SSSR count). The van der Waals surface area contributed by atoms with Gasteiger partial charge in [-0.1, -0.05) is 56.1 Å². The minimum Gasteiger partial charge on any atom is -0.244 e. The molecule has 0 radical (unpaired) electrons. The molecule has 0 aliphatic rings. The average Bonchev–Trinajstić information content (AvgIpc) is 2.63. The van der Waals surface area contributed by atoms with Crippen LogP contribution in [-0.4, -0.2) is 9.97 Å². The first-order chi connectivity index (χ1) is 12.5. The van der Waals surface area contributed by atoms with Gasteiger partial charge < -0.3 is 0 Å². The fraction of sp³-hybridized carbons (Fsp3) is 0. The molecule has 128 valence electrons. The Morgan fingerprint density at radius 3 is 1.27 bits per heavy atom. The van der Waals surface area contributed by atoms with Crippen molar-refractivity contribution in [1.29, 1.82) is 0 Å². The Hall–Kier alpha value is -2.18. The zero-order valence-electron chi connectivity index (χ0n) is 13.2. The molecule has 6 heteroatoms. The molecule has 0 unspecified atom stereocenters. The first-order valence-corrected chi connectivity index (χ1v) is 9.28. The van der Waals surface area contributed by atoms with E-state index in [0.717, 1.165) is 32.2 Å². The SMILES string of the molecule is Fc1cc2nc(-c3ccc(Br)cc3)c(-c3ccc(Br)cc3)nc2cc1F. The van der Waals surface area contributed by atoms with E-state index in [1.54, 1.807) is 0 Å². The van der Waals surface area contributed by atoms with Gasteiger partial charge in [0, 0.05) is 32.2 Å². The monoisotopic (exact) mass is 474 g/mol. The number of nitrogens with zero attached hydrogens (tertiary/aromatic N) is 2. The summed E-state index contributed by atoms with van der Waals surface area (Å²) in [6.45, 7) is 0. The summed E-state index contributed by atoms with van der Waals surface area (Å²) in [5.74, 6) is -1.88. The van der Waals surface area contributed by atoms with Crippen LogP contribution < -0.4 is 0 Å². The quantitative estimate of drug-likeness (QED) is 0.319. The van der Waals surface area contributed by atoms with Crippen molar-refractivity contribution in [3.63, 3.8) is 0 Å². The van der Waals surface area contributed by atoms with Gasteiger partial charge in [-0.15, -0.1) is 0 Å². The molecule has 0 N–H and O–H groups in total. The second-order valence-electron chi connectivity index (χ2n) is 5.69. The van der Waals surface area contributed by atoms with Crippen LogP contribution in [0.3, 0.4) is 0 Å². The van der Waals surface area contributed by atoms with Crippen LogP contribution in [-0.2, 0) is 0 Å². The molecule has 0 saturated carbocycles. The van der Waals surface area contributed by atoms with Crippen LogP contribution in [0.15, 0.2) is 69.6 Å². The highest BCUT2D eigenvalue weighted by Crippen LogP contribution is 2.32. The summed E-state index contributed by atoms with van der Waals surface area (Å²) in [5.41, 5.74) is 3.51. The lowest BCUT2D eigenvalue weighted by molar-refractivity contribution is 0.510. The lowest BCUT2D eigenvalue weighted by Crippen LogP contribution is -1.97. The molecule has 1 aromatic heterocycles. The number of hydrogen-bond acceptors (Lipinski definition) is 2. The summed E-state index contributed by atoms with van der Waals surface area (Å²) in [6, 6.07) is 17.4. The van der Waals surface area contributed by atoms with Crippen molar-refractivity contribution in [2.24, 2.45) is 0 Å². The van der Waals surface area contributed by atoms with E-state index in [9.17, 15) is 8.78 Å². The van der Waals surface area contributed by atoms with Crippen LogP contribution in [0.5, 0.6) is 0 Å². The third kappa shape index (κ3) is 3.27. The van der Waals surface area contributed by atoms with Gasteiger partial charge in [0.2, 0.25) is 0 Å². The molecule has 0 aliphatic carbocycles. The predicted octanol–water partition coefficient (Wildman–Crippen LogP) is 6.77. The Morgan fingerprint density at radius 2 is 0.923 bits per heavy atom. The lowest BCUT2D eigenvalue weighted by atomic mass is 10.0. The van der Waals surface area contributed by atoms with E-state index in [2.05, 4.69) is 41.8 Å².